The van der Waals surface area contributed by atoms with Gasteiger partial charge in [0.1, 0.15) is 18.0 Å². The van der Waals surface area contributed by atoms with E-state index >= 15 is 0 Å². The Bertz CT molecular complexity index is 1010. The molecule has 0 aliphatic carbocycles. The molecule has 1 N–H and O–H groups in total. The number of anilines is 3. The smallest absolute Gasteiger partial charge is 0.258 e. The maximum absolute atomic E-state index is 12.5. The molecule has 0 atom stereocenters. The molecule has 2 heterocycles. The molecule has 29 heavy (non-hydrogen) atoms. The lowest BCUT2D eigenvalue weighted by Crippen LogP contribution is -2.46. The van der Waals surface area contributed by atoms with E-state index in [2.05, 4.69) is 37.2 Å². The van der Waals surface area contributed by atoms with Crippen LogP contribution in [-0.4, -0.2) is 42.1 Å². The Morgan fingerprint density at radius 3 is 2.34 bits per heavy atom. The second kappa shape index (κ2) is 8.68. The molecule has 0 radical (unpaired) electrons. The largest absolute Gasteiger partial charge is 0.368 e. The third-order valence-electron chi connectivity index (χ3n) is 4.80. The summed E-state index contributed by atoms with van der Waals surface area (Å²) in [5.41, 5.74) is 1.57. The predicted octanol–water partition coefficient (Wildman–Crippen LogP) is 4.36. The van der Waals surface area contributed by atoms with Gasteiger partial charge in [-0.05, 0) is 30.3 Å². The number of hydrogen-bond acceptors (Lipinski definition) is 5. The van der Waals surface area contributed by atoms with Gasteiger partial charge in [-0.3, -0.25) is 4.79 Å². The summed E-state index contributed by atoms with van der Waals surface area (Å²) >= 11 is 12.0. The Hall–Kier alpha value is -2.83. The highest BCUT2D eigenvalue weighted by Crippen LogP contribution is 2.23. The average Bonchev–Trinajstić information content (AvgIpc) is 2.74. The van der Waals surface area contributed by atoms with Crippen LogP contribution in [0.3, 0.4) is 0 Å². The summed E-state index contributed by atoms with van der Waals surface area (Å²) in [5.74, 6) is 0.868. The maximum atomic E-state index is 12.5. The fourth-order valence-electron chi connectivity index (χ4n) is 3.28. The Kier molecular flexibility index (Phi) is 5.83. The highest BCUT2D eigenvalue weighted by Gasteiger charge is 2.19. The molecular weight excluding hydrogens is 409 g/mol. The lowest BCUT2D eigenvalue weighted by Gasteiger charge is -2.36. The zero-order valence-corrected chi connectivity index (χ0v) is 17.1. The summed E-state index contributed by atoms with van der Waals surface area (Å²) < 4.78 is 0. The molecule has 0 spiro atoms. The molecule has 1 aliphatic rings. The van der Waals surface area contributed by atoms with E-state index in [1.807, 2.05) is 18.2 Å². The number of rotatable bonds is 4. The van der Waals surface area contributed by atoms with Crippen molar-refractivity contribution < 1.29 is 4.79 Å². The fourth-order valence-corrected chi connectivity index (χ4v) is 3.77. The normalized spacial score (nSPS) is 14.0. The predicted molar refractivity (Wildman–Crippen MR) is 117 cm³/mol. The van der Waals surface area contributed by atoms with Crippen molar-refractivity contribution in [3.63, 3.8) is 0 Å². The SMILES string of the molecule is O=C(Nc1cc(N2CCN(c3ccccc3)CC2)ncn1)c1ccc(Cl)cc1Cl. The number of aromatic nitrogens is 2. The third kappa shape index (κ3) is 4.60. The van der Waals surface area contributed by atoms with Crippen LogP contribution >= 0.6 is 23.2 Å². The summed E-state index contributed by atoms with van der Waals surface area (Å²) in [7, 11) is 0. The molecule has 0 unspecified atom stereocenters. The van der Waals surface area contributed by atoms with E-state index in [4.69, 9.17) is 23.2 Å². The van der Waals surface area contributed by atoms with E-state index in [0.717, 1.165) is 32.0 Å². The van der Waals surface area contributed by atoms with Gasteiger partial charge in [0.2, 0.25) is 0 Å². The second-order valence-electron chi connectivity index (χ2n) is 6.65. The van der Waals surface area contributed by atoms with Crippen molar-refractivity contribution in [3.8, 4) is 0 Å². The molecule has 1 saturated heterocycles. The van der Waals surface area contributed by atoms with Crippen LogP contribution in [0.1, 0.15) is 10.4 Å². The number of nitrogens with zero attached hydrogens (tertiary/aromatic N) is 4. The van der Waals surface area contributed by atoms with E-state index in [-0.39, 0.29) is 5.91 Å². The molecule has 1 fully saturated rings. The number of para-hydroxylation sites is 1. The van der Waals surface area contributed by atoms with Gasteiger partial charge in [0.05, 0.1) is 10.6 Å². The maximum Gasteiger partial charge on any atom is 0.258 e. The number of benzene rings is 2. The molecule has 0 bridgehead atoms. The quantitative estimate of drug-likeness (QED) is 0.669. The van der Waals surface area contributed by atoms with E-state index in [0.29, 0.717) is 21.4 Å². The van der Waals surface area contributed by atoms with E-state index in [1.54, 1.807) is 18.2 Å². The monoisotopic (exact) mass is 427 g/mol. The zero-order valence-electron chi connectivity index (χ0n) is 15.6. The topological polar surface area (TPSA) is 61.4 Å². The Balaban J connectivity index is 1.42. The highest BCUT2D eigenvalue weighted by molar-refractivity contribution is 6.37. The van der Waals surface area contributed by atoms with Crippen molar-refractivity contribution in [1.82, 2.24) is 9.97 Å². The molecule has 148 valence electrons. The van der Waals surface area contributed by atoms with Crippen LogP contribution in [0.5, 0.6) is 0 Å². The number of hydrogen-bond donors (Lipinski definition) is 1. The highest BCUT2D eigenvalue weighted by atomic mass is 35.5. The van der Waals surface area contributed by atoms with Crippen LogP contribution in [-0.2, 0) is 0 Å². The number of carbonyl (C=O) groups excluding carboxylic acids is 1. The van der Waals surface area contributed by atoms with Crippen LogP contribution in [0.4, 0.5) is 17.3 Å². The van der Waals surface area contributed by atoms with Crippen LogP contribution < -0.4 is 15.1 Å². The van der Waals surface area contributed by atoms with Crippen molar-refractivity contribution in [2.75, 3.05) is 41.3 Å². The molecular formula is C21H19Cl2N5O. The number of piperazine rings is 1. The van der Waals surface area contributed by atoms with Crippen molar-refractivity contribution in [1.29, 1.82) is 0 Å². The molecule has 8 heteroatoms. The first kappa shape index (κ1) is 19.5. The Morgan fingerprint density at radius 1 is 0.897 bits per heavy atom. The van der Waals surface area contributed by atoms with Gasteiger partial charge in [-0.2, -0.15) is 0 Å². The molecule has 0 saturated carbocycles. The Morgan fingerprint density at radius 2 is 1.62 bits per heavy atom. The first-order valence-corrected chi connectivity index (χ1v) is 9.99. The minimum atomic E-state index is -0.342. The lowest BCUT2D eigenvalue weighted by molar-refractivity contribution is 0.102. The van der Waals surface area contributed by atoms with Gasteiger partial charge in [0.25, 0.3) is 5.91 Å². The molecule has 2 aromatic carbocycles. The summed E-state index contributed by atoms with van der Waals surface area (Å²) in [6, 6.07) is 16.9. The summed E-state index contributed by atoms with van der Waals surface area (Å²) in [4.78, 5) is 25.6. The van der Waals surface area contributed by atoms with E-state index < -0.39 is 0 Å². The minimum Gasteiger partial charge on any atom is -0.368 e. The second-order valence-corrected chi connectivity index (χ2v) is 7.49. The first-order valence-electron chi connectivity index (χ1n) is 9.23. The fraction of sp³-hybridized carbons (Fsp3) is 0.190. The van der Waals surface area contributed by atoms with Gasteiger partial charge in [-0.15, -0.1) is 0 Å². The van der Waals surface area contributed by atoms with Crippen molar-refractivity contribution in [2.24, 2.45) is 0 Å². The van der Waals surface area contributed by atoms with Crippen molar-refractivity contribution >= 4 is 46.4 Å². The van der Waals surface area contributed by atoms with Gasteiger partial charge < -0.3 is 15.1 Å². The van der Waals surface area contributed by atoms with Crippen LogP contribution in [0.25, 0.3) is 0 Å². The van der Waals surface area contributed by atoms with Gasteiger partial charge >= 0.3 is 0 Å². The summed E-state index contributed by atoms with van der Waals surface area (Å²) in [6.07, 6.45) is 1.46. The molecule has 3 aromatic rings. The van der Waals surface area contributed by atoms with E-state index in [9.17, 15) is 4.79 Å². The molecule has 1 aliphatic heterocycles. The third-order valence-corrected chi connectivity index (χ3v) is 5.34. The van der Waals surface area contributed by atoms with Crippen LogP contribution in [0.2, 0.25) is 10.0 Å². The zero-order chi connectivity index (χ0) is 20.2. The number of amides is 1. The average molecular weight is 428 g/mol. The van der Waals surface area contributed by atoms with Crippen LogP contribution in [0.15, 0.2) is 60.9 Å². The lowest BCUT2D eigenvalue weighted by atomic mass is 10.2. The molecule has 1 amide bonds. The molecule has 1 aromatic heterocycles. The van der Waals surface area contributed by atoms with Gasteiger partial charge in [0, 0.05) is 43.0 Å². The summed E-state index contributed by atoms with van der Waals surface area (Å²) in [5, 5.41) is 3.55. The molecule has 6 nitrogen and oxygen atoms in total. The van der Waals surface area contributed by atoms with Crippen LogP contribution in [0, 0.1) is 0 Å². The minimum absolute atomic E-state index is 0.293. The standard InChI is InChI=1S/C21H19Cl2N5O/c22-15-6-7-17(18(23)12-15)21(29)26-19-13-20(25-14-24-19)28-10-8-27(9-11-28)16-4-2-1-3-5-16/h1-7,12-14H,8-11H2,(H,24,25,26,29). The van der Waals surface area contributed by atoms with Gasteiger partial charge in [0.15, 0.2) is 0 Å². The van der Waals surface area contributed by atoms with Crippen molar-refractivity contribution in [2.45, 2.75) is 0 Å². The van der Waals surface area contributed by atoms with Gasteiger partial charge in [-0.25, -0.2) is 9.97 Å². The Labute approximate surface area is 179 Å². The molecule has 4 rings (SSSR count). The van der Waals surface area contributed by atoms with E-state index in [1.165, 1.54) is 18.1 Å². The van der Waals surface area contributed by atoms with Crippen molar-refractivity contribution in [3.05, 3.63) is 76.5 Å². The number of halogens is 2. The van der Waals surface area contributed by atoms with Gasteiger partial charge in [-0.1, -0.05) is 41.4 Å². The first-order chi connectivity index (χ1) is 14.1. The number of carbonyl (C=O) groups is 1. The number of nitrogens with one attached hydrogen (secondary N) is 1. The summed E-state index contributed by atoms with van der Waals surface area (Å²) in [6.45, 7) is 3.47.